The number of amides is 1. The van der Waals surface area contributed by atoms with Crippen LogP contribution in [0.2, 0.25) is 0 Å². The van der Waals surface area contributed by atoms with E-state index in [1.54, 1.807) is 6.07 Å². The van der Waals surface area contributed by atoms with Crippen LogP contribution in [0.4, 0.5) is 5.13 Å². The van der Waals surface area contributed by atoms with Gasteiger partial charge in [0, 0.05) is 30.9 Å². The minimum atomic E-state index is -3.55. The first-order valence-corrected chi connectivity index (χ1v) is 14.1. The first-order valence-electron chi connectivity index (χ1n) is 11.8. The molecule has 180 valence electrons. The Morgan fingerprint density at radius 3 is 2.48 bits per heavy atom. The van der Waals surface area contributed by atoms with E-state index >= 15 is 0 Å². The van der Waals surface area contributed by atoms with Crippen molar-refractivity contribution < 1.29 is 13.2 Å². The number of benzene rings is 1. The summed E-state index contributed by atoms with van der Waals surface area (Å²) in [5.41, 5.74) is 2.80. The van der Waals surface area contributed by atoms with Crippen molar-refractivity contribution in [2.45, 2.75) is 57.9 Å². The topological polar surface area (TPSA) is 82.6 Å². The minimum absolute atomic E-state index is 0.0636. The Balaban J connectivity index is 1.29. The second-order valence-electron chi connectivity index (χ2n) is 9.54. The highest BCUT2D eigenvalue weighted by Crippen LogP contribution is 2.28. The number of likely N-dealkylation sites (tertiary alicyclic amines) is 1. The quantitative estimate of drug-likeness (QED) is 0.661. The summed E-state index contributed by atoms with van der Waals surface area (Å²) < 4.78 is 27.7. The second kappa shape index (κ2) is 10.2. The fourth-order valence-electron chi connectivity index (χ4n) is 4.68. The molecule has 0 radical (unpaired) electrons. The van der Waals surface area contributed by atoms with Gasteiger partial charge in [0.05, 0.1) is 10.6 Å². The van der Waals surface area contributed by atoms with E-state index in [2.05, 4.69) is 22.1 Å². The Morgan fingerprint density at radius 1 is 1.12 bits per heavy atom. The number of nitrogens with zero attached hydrogens (tertiary/aromatic N) is 3. The van der Waals surface area contributed by atoms with E-state index in [4.69, 9.17) is 0 Å². The molecule has 4 rings (SSSR count). The van der Waals surface area contributed by atoms with Crippen LogP contribution < -0.4 is 5.32 Å². The Kier molecular flexibility index (Phi) is 7.53. The van der Waals surface area contributed by atoms with Gasteiger partial charge in [-0.25, -0.2) is 13.4 Å². The van der Waals surface area contributed by atoms with Crippen LogP contribution in [0.5, 0.6) is 0 Å². The zero-order valence-corrected chi connectivity index (χ0v) is 21.3. The van der Waals surface area contributed by atoms with Gasteiger partial charge in [-0.2, -0.15) is 4.31 Å². The van der Waals surface area contributed by atoms with Gasteiger partial charge in [0.15, 0.2) is 5.13 Å². The molecule has 0 saturated carbocycles. The van der Waals surface area contributed by atoms with Crippen LogP contribution in [0.3, 0.4) is 0 Å². The molecule has 2 saturated heterocycles. The predicted molar refractivity (Wildman–Crippen MR) is 132 cm³/mol. The number of hydrogen-bond donors (Lipinski definition) is 1. The van der Waals surface area contributed by atoms with Gasteiger partial charge in [-0.1, -0.05) is 24.6 Å². The standard InChI is InChI=1S/C24H34N4O3S2/c1-17-6-10-27(11-7-17)15-21-16-32-24(25-21)26-23(29)20-8-12-28(13-9-20)33(30,31)22-5-4-18(2)14-19(22)3/h4-5,14,16-17,20H,6-13,15H2,1-3H3,(H,25,26,29). The minimum Gasteiger partial charge on any atom is -0.302 e. The van der Waals surface area contributed by atoms with Crippen LogP contribution in [0.15, 0.2) is 28.5 Å². The molecule has 0 spiro atoms. The molecule has 1 N–H and O–H groups in total. The van der Waals surface area contributed by atoms with Crippen molar-refractivity contribution in [3.63, 3.8) is 0 Å². The molecule has 2 fully saturated rings. The van der Waals surface area contributed by atoms with Crippen LogP contribution in [0.1, 0.15) is 49.4 Å². The third-order valence-corrected chi connectivity index (χ3v) is 9.68. The van der Waals surface area contributed by atoms with Gasteiger partial charge in [-0.3, -0.25) is 9.69 Å². The predicted octanol–water partition coefficient (Wildman–Crippen LogP) is 4.03. The summed E-state index contributed by atoms with van der Waals surface area (Å²) in [6.45, 7) is 9.81. The lowest BCUT2D eigenvalue weighted by Crippen LogP contribution is -2.41. The summed E-state index contributed by atoms with van der Waals surface area (Å²) in [4.78, 5) is 20.2. The van der Waals surface area contributed by atoms with Gasteiger partial charge in [-0.15, -0.1) is 11.3 Å². The number of piperidine rings is 2. The van der Waals surface area contributed by atoms with Crippen molar-refractivity contribution in [2.24, 2.45) is 11.8 Å². The summed E-state index contributed by atoms with van der Waals surface area (Å²) in [6, 6.07) is 5.40. The molecule has 9 heteroatoms. The van der Waals surface area contributed by atoms with Crippen molar-refractivity contribution >= 4 is 32.4 Å². The van der Waals surface area contributed by atoms with Crippen molar-refractivity contribution in [1.82, 2.24) is 14.2 Å². The van der Waals surface area contributed by atoms with E-state index in [0.717, 1.165) is 42.4 Å². The molecule has 1 aromatic carbocycles. The fraction of sp³-hybridized carbons (Fsp3) is 0.583. The molecule has 0 bridgehead atoms. The number of rotatable bonds is 6. The molecule has 3 heterocycles. The first kappa shape index (κ1) is 24.3. The third kappa shape index (κ3) is 5.82. The summed E-state index contributed by atoms with van der Waals surface area (Å²) in [7, 11) is -3.55. The van der Waals surface area contributed by atoms with Crippen LogP contribution in [0, 0.1) is 25.7 Å². The van der Waals surface area contributed by atoms with Gasteiger partial charge in [0.1, 0.15) is 0 Å². The molecular formula is C24H34N4O3S2. The Hall–Kier alpha value is -1.81. The molecule has 2 aliphatic heterocycles. The lowest BCUT2D eigenvalue weighted by molar-refractivity contribution is -0.120. The van der Waals surface area contributed by atoms with E-state index < -0.39 is 10.0 Å². The van der Waals surface area contributed by atoms with Crippen molar-refractivity contribution in [2.75, 3.05) is 31.5 Å². The molecule has 1 aromatic heterocycles. The van der Waals surface area contributed by atoms with E-state index in [1.807, 2.05) is 31.4 Å². The maximum Gasteiger partial charge on any atom is 0.243 e. The Bertz CT molecular complexity index is 1080. The van der Waals surface area contributed by atoms with Crippen molar-refractivity contribution in [3.8, 4) is 0 Å². The number of aromatic nitrogens is 1. The monoisotopic (exact) mass is 490 g/mol. The highest BCUT2D eigenvalue weighted by atomic mass is 32.2. The van der Waals surface area contributed by atoms with Crippen LogP contribution in [-0.4, -0.2) is 54.7 Å². The number of hydrogen-bond acceptors (Lipinski definition) is 6. The molecule has 2 aromatic rings. The van der Waals surface area contributed by atoms with E-state index in [-0.39, 0.29) is 11.8 Å². The SMILES string of the molecule is Cc1ccc(S(=O)(=O)N2CCC(C(=O)Nc3nc(CN4CCC(C)CC4)cs3)CC2)c(C)c1. The van der Waals surface area contributed by atoms with Gasteiger partial charge < -0.3 is 5.32 Å². The highest BCUT2D eigenvalue weighted by Gasteiger charge is 2.33. The number of aryl methyl sites for hydroxylation is 2. The van der Waals surface area contributed by atoms with Crippen LogP contribution in [-0.2, 0) is 21.4 Å². The smallest absolute Gasteiger partial charge is 0.243 e. The fourth-order valence-corrected chi connectivity index (χ4v) is 7.06. The number of sulfonamides is 1. The highest BCUT2D eigenvalue weighted by molar-refractivity contribution is 7.89. The average molecular weight is 491 g/mol. The van der Waals surface area contributed by atoms with Gasteiger partial charge in [0.25, 0.3) is 0 Å². The number of anilines is 1. The largest absolute Gasteiger partial charge is 0.302 e. The van der Waals surface area contributed by atoms with E-state index in [1.165, 1.54) is 28.5 Å². The van der Waals surface area contributed by atoms with Gasteiger partial charge >= 0.3 is 0 Å². The number of carbonyl (C=O) groups is 1. The molecule has 33 heavy (non-hydrogen) atoms. The molecule has 2 aliphatic rings. The Morgan fingerprint density at radius 2 is 1.82 bits per heavy atom. The molecule has 7 nitrogen and oxygen atoms in total. The summed E-state index contributed by atoms with van der Waals surface area (Å²) in [5.74, 6) is 0.534. The van der Waals surface area contributed by atoms with Gasteiger partial charge in [-0.05, 0) is 70.2 Å². The molecular weight excluding hydrogens is 456 g/mol. The second-order valence-corrected chi connectivity index (χ2v) is 12.3. The van der Waals surface area contributed by atoms with Crippen molar-refractivity contribution in [1.29, 1.82) is 0 Å². The third-order valence-electron chi connectivity index (χ3n) is 6.82. The zero-order chi connectivity index (χ0) is 23.6. The average Bonchev–Trinajstić information content (AvgIpc) is 3.22. The normalized spacial score (nSPS) is 19.6. The van der Waals surface area contributed by atoms with Crippen LogP contribution in [0.25, 0.3) is 0 Å². The lowest BCUT2D eigenvalue weighted by atomic mass is 9.97. The number of thiazole rings is 1. The number of carbonyl (C=O) groups excluding carboxylic acids is 1. The van der Waals surface area contributed by atoms with Crippen molar-refractivity contribution in [3.05, 3.63) is 40.4 Å². The van der Waals surface area contributed by atoms with E-state index in [0.29, 0.717) is 36.0 Å². The molecule has 0 unspecified atom stereocenters. The first-order chi connectivity index (χ1) is 15.7. The van der Waals surface area contributed by atoms with E-state index in [9.17, 15) is 13.2 Å². The summed E-state index contributed by atoms with van der Waals surface area (Å²) >= 11 is 1.46. The summed E-state index contributed by atoms with van der Waals surface area (Å²) in [6.07, 6.45) is 3.48. The van der Waals surface area contributed by atoms with Crippen LogP contribution >= 0.6 is 11.3 Å². The van der Waals surface area contributed by atoms with Gasteiger partial charge in [0.2, 0.25) is 15.9 Å². The summed E-state index contributed by atoms with van der Waals surface area (Å²) in [5, 5.41) is 5.61. The molecule has 0 atom stereocenters. The Labute approximate surface area is 201 Å². The zero-order valence-electron chi connectivity index (χ0n) is 19.7. The number of nitrogens with one attached hydrogen (secondary N) is 1. The maximum atomic E-state index is 13.1. The molecule has 1 amide bonds. The maximum absolute atomic E-state index is 13.1. The molecule has 0 aliphatic carbocycles. The lowest BCUT2D eigenvalue weighted by Gasteiger charge is -2.30.